The van der Waals surface area contributed by atoms with Crippen molar-refractivity contribution in [1.29, 1.82) is 0 Å². The molecule has 0 aromatic heterocycles. The minimum Gasteiger partial charge on any atom is -0.468 e. The molecular weight excluding hydrogens is 228 g/mol. The first kappa shape index (κ1) is 12.8. The first-order chi connectivity index (χ1) is 8.69. The Labute approximate surface area is 107 Å². The Kier molecular flexibility index (Phi) is 3.82. The molecule has 18 heavy (non-hydrogen) atoms. The topological polar surface area (TPSA) is 35.5 Å². The summed E-state index contributed by atoms with van der Waals surface area (Å²) < 4.78 is 10.4. The molecule has 1 atom stereocenters. The van der Waals surface area contributed by atoms with E-state index in [1.54, 1.807) is 0 Å². The monoisotopic (exact) mass is 246 g/mol. The summed E-state index contributed by atoms with van der Waals surface area (Å²) in [4.78, 5) is 12.1. The molecule has 0 saturated carbocycles. The smallest absolute Gasteiger partial charge is 0.318 e. The number of ether oxygens (including phenoxy) is 2. The average Bonchev–Trinajstić information content (AvgIpc) is 2.41. The van der Waals surface area contributed by atoms with Gasteiger partial charge in [0.15, 0.2) is 0 Å². The van der Waals surface area contributed by atoms with Crippen LogP contribution in [0, 0.1) is 5.41 Å². The van der Waals surface area contributed by atoms with E-state index in [2.05, 4.69) is 6.58 Å². The summed E-state index contributed by atoms with van der Waals surface area (Å²) in [6.45, 7) is 5.04. The predicted molar refractivity (Wildman–Crippen MR) is 69.2 cm³/mol. The lowest BCUT2D eigenvalue weighted by Gasteiger charge is -2.36. The van der Waals surface area contributed by atoms with E-state index in [0.29, 0.717) is 26.1 Å². The molecule has 0 spiro atoms. The number of hydrogen-bond donors (Lipinski definition) is 0. The average molecular weight is 246 g/mol. The Morgan fingerprint density at radius 3 is 2.78 bits per heavy atom. The molecule has 0 aliphatic carbocycles. The molecule has 3 heteroatoms. The van der Waals surface area contributed by atoms with Crippen molar-refractivity contribution < 1.29 is 14.3 Å². The Bertz CT molecular complexity index is 428. The molecule has 0 bridgehead atoms. The summed E-state index contributed by atoms with van der Waals surface area (Å²) in [6, 6.07) is 9.90. The van der Waals surface area contributed by atoms with Crippen molar-refractivity contribution in [2.45, 2.75) is 12.8 Å². The molecule has 3 nitrogen and oxygen atoms in total. The summed E-state index contributed by atoms with van der Waals surface area (Å²) >= 11 is 0. The quantitative estimate of drug-likeness (QED) is 0.606. The zero-order valence-electron chi connectivity index (χ0n) is 10.6. The van der Waals surface area contributed by atoms with Crippen LogP contribution >= 0.6 is 0 Å². The van der Waals surface area contributed by atoms with Crippen LogP contribution in [0.2, 0.25) is 0 Å². The molecule has 1 aromatic rings. The van der Waals surface area contributed by atoms with Crippen molar-refractivity contribution >= 4 is 5.97 Å². The van der Waals surface area contributed by atoms with Crippen LogP contribution in [0.5, 0.6) is 0 Å². The molecule has 0 N–H and O–H groups in total. The second-order valence-corrected chi connectivity index (χ2v) is 4.64. The van der Waals surface area contributed by atoms with Gasteiger partial charge in [0, 0.05) is 0 Å². The Morgan fingerprint density at radius 1 is 1.44 bits per heavy atom. The molecular formula is C15H18O3. The molecule has 96 valence electrons. The molecule has 2 rings (SSSR count). The second-order valence-electron chi connectivity index (χ2n) is 4.64. The van der Waals surface area contributed by atoms with Gasteiger partial charge in [-0.2, -0.15) is 0 Å². The van der Waals surface area contributed by atoms with E-state index in [-0.39, 0.29) is 5.97 Å². The first-order valence-electron chi connectivity index (χ1n) is 6.07. The molecule has 1 saturated heterocycles. The third-order valence-corrected chi connectivity index (χ3v) is 3.50. The molecule has 1 unspecified atom stereocenters. The SMILES string of the molecule is C=C1CCOCC1(Cc1ccccc1)C(=O)OC. The van der Waals surface area contributed by atoms with Crippen molar-refractivity contribution in [2.75, 3.05) is 20.3 Å². The van der Waals surface area contributed by atoms with Crippen LogP contribution in [0.15, 0.2) is 42.5 Å². The number of rotatable bonds is 3. The van der Waals surface area contributed by atoms with Gasteiger partial charge in [-0.15, -0.1) is 0 Å². The van der Waals surface area contributed by atoms with Gasteiger partial charge in [0.1, 0.15) is 5.41 Å². The molecule has 1 fully saturated rings. The lowest BCUT2D eigenvalue weighted by atomic mass is 9.74. The lowest BCUT2D eigenvalue weighted by molar-refractivity contribution is -0.155. The van der Waals surface area contributed by atoms with E-state index < -0.39 is 5.41 Å². The Hall–Kier alpha value is -1.61. The van der Waals surface area contributed by atoms with Crippen LogP contribution < -0.4 is 0 Å². The van der Waals surface area contributed by atoms with Crippen LogP contribution in [0.1, 0.15) is 12.0 Å². The van der Waals surface area contributed by atoms with Gasteiger partial charge in [-0.25, -0.2) is 0 Å². The number of methoxy groups -OCH3 is 1. The number of esters is 1. The van der Waals surface area contributed by atoms with Gasteiger partial charge in [-0.05, 0) is 18.4 Å². The van der Waals surface area contributed by atoms with Gasteiger partial charge in [-0.1, -0.05) is 42.5 Å². The highest BCUT2D eigenvalue weighted by Gasteiger charge is 2.44. The van der Waals surface area contributed by atoms with Crippen molar-refractivity contribution in [1.82, 2.24) is 0 Å². The zero-order valence-corrected chi connectivity index (χ0v) is 10.6. The van der Waals surface area contributed by atoms with Crippen LogP contribution in [0.25, 0.3) is 0 Å². The van der Waals surface area contributed by atoms with Crippen molar-refractivity contribution in [3.8, 4) is 0 Å². The normalized spacial score (nSPS) is 23.7. The molecule has 1 heterocycles. The number of hydrogen-bond acceptors (Lipinski definition) is 3. The van der Waals surface area contributed by atoms with Gasteiger partial charge >= 0.3 is 5.97 Å². The van der Waals surface area contributed by atoms with Gasteiger partial charge in [-0.3, -0.25) is 4.79 Å². The molecule has 1 aromatic carbocycles. The summed E-state index contributed by atoms with van der Waals surface area (Å²) in [6.07, 6.45) is 1.29. The molecule has 1 aliphatic rings. The fourth-order valence-corrected chi connectivity index (χ4v) is 2.37. The lowest BCUT2D eigenvalue weighted by Crippen LogP contribution is -2.43. The number of benzene rings is 1. The van der Waals surface area contributed by atoms with Crippen molar-refractivity contribution in [3.05, 3.63) is 48.0 Å². The fourth-order valence-electron chi connectivity index (χ4n) is 2.37. The third kappa shape index (κ3) is 2.31. The minimum atomic E-state index is -0.728. The molecule has 0 amide bonds. The number of carbonyl (C=O) groups excluding carboxylic acids is 1. The standard InChI is InChI=1S/C15H18O3/c1-12-8-9-18-11-15(12,14(16)17-2)10-13-6-4-3-5-7-13/h3-7H,1,8-11H2,2H3. The van der Waals surface area contributed by atoms with Crippen LogP contribution in [0.3, 0.4) is 0 Å². The van der Waals surface area contributed by atoms with E-state index >= 15 is 0 Å². The Morgan fingerprint density at radius 2 is 2.17 bits per heavy atom. The van der Waals surface area contributed by atoms with Crippen LogP contribution in [0.4, 0.5) is 0 Å². The van der Waals surface area contributed by atoms with Gasteiger partial charge < -0.3 is 9.47 Å². The molecule has 1 aliphatic heterocycles. The number of carbonyl (C=O) groups is 1. The van der Waals surface area contributed by atoms with E-state index in [1.807, 2.05) is 30.3 Å². The Balaban J connectivity index is 2.30. The van der Waals surface area contributed by atoms with Crippen molar-refractivity contribution in [2.24, 2.45) is 5.41 Å². The van der Waals surface area contributed by atoms with E-state index in [4.69, 9.17) is 9.47 Å². The minimum absolute atomic E-state index is 0.254. The fraction of sp³-hybridized carbons (Fsp3) is 0.400. The van der Waals surface area contributed by atoms with Crippen molar-refractivity contribution in [3.63, 3.8) is 0 Å². The molecule has 0 radical (unpaired) electrons. The maximum Gasteiger partial charge on any atom is 0.318 e. The largest absolute Gasteiger partial charge is 0.468 e. The van der Waals surface area contributed by atoms with E-state index in [0.717, 1.165) is 11.1 Å². The second kappa shape index (κ2) is 5.36. The van der Waals surface area contributed by atoms with Gasteiger partial charge in [0.2, 0.25) is 0 Å². The highest BCUT2D eigenvalue weighted by atomic mass is 16.5. The zero-order chi connectivity index (χ0) is 13.0. The highest BCUT2D eigenvalue weighted by molar-refractivity contribution is 5.81. The maximum absolute atomic E-state index is 12.1. The van der Waals surface area contributed by atoms with E-state index in [1.165, 1.54) is 7.11 Å². The maximum atomic E-state index is 12.1. The third-order valence-electron chi connectivity index (χ3n) is 3.50. The summed E-state index contributed by atoms with van der Waals surface area (Å²) in [5.41, 5.74) is 1.27. The highest BCUT2D eigenvalue weighted by Crippen LogP contribution is 2.37. The summed E-state index contributed by atoms with van der Waals surface area (Å²) in [7, 11) is 1.41. The van der Waals surface area contributed by atoms with Gasteiger partial charge in [0.05, 0.1) is 20.3 Å². The van der Waals surface area contributed by atoms with Crippen LogP contribution in [-0.2, 0) is 20.7 Å². The summed E-state index contributed by atoms with van der Waals surface area (Å²) in [5.74, 6) is -0.254. The van der Waals surface area contributed by atoms with Crippen LogP contribution in [-0.4, -0.2) is 26.3 Å². The van der Waals surface area contributed by atoms with Gasteiger partial charge in [0.25, 0.3) is 0 Å². The summed E-state index contributed by atoms with van der Waals surface area (Å²) in [5, 5.41) is 0. The van der Waals surface area contributed by atoms with E-state index in [9.17, 15) is 4.79 Å². The first-order valence-corrected chi connectivity index (χ1v) is 6.07. The predicted octanol–water partition coefficient (Wildman–Crippen LogP) is 2.37.